The number of hydrogen-bond acceptors (Lipinski definition) is 4. The first-order valence-electron chi connectivity index (χ1n) is 9.46. The van der Waals surface area contributed by atoms with Gasteiger partial charge >= 0.3 is 0 Å². The number of halogens is 2. The van der Waals surface area contributed by atoms with Crippen molar-refractivity contribution in [3.05, 3.63) is 58.1 Å². The highest BCUT2D eigenvalue weighted by Crippen LogP contribution is 2.32. The Morgan fingerprint density at radius 1 is 1.13 bits per heavy atom. The summed E-state index contributed by atoms with van der Waals surface area (Å²) in [6.45, 7) is 6.11. The van der Waals surface area contributed by atoms with Gasteiger partial charge < -0.3 is 10.1 Å². The maximum Gasteiger partial charge on any atom is 0.243 e. The van der Waals surface area contributed by atoms with Crippen LogP contribution in [0, 0.1) is 0 Å². The molecule has 164 valence electrons. The number of nitrogens with zero attached hydrogens (tertiary/aromatic N) is 1. The van der Waals surface area contributed by atoms with Crippen molar-refractivity contribution in [2.45, 2.75) is 32.7 Å². The monoisotopic (exact) mass is 472 g/mol. The molecule has 2 aromatic carbocycles. The van der Waals surface area contributed by atoms with E-state index in [1.54, 1.807) is 6.07 Å². The van der Waals surface area contributed by atoms with Crippen LogP contribution < -0.4 is 14.4 Å². The Balaban J connectivity index is 2.05. The van der Waals surface area contributed by atoms with Crippen molar-refractivity contribution >= 4 is 44.8 Å². The second-order valence-electron chi connectivity index (χ2n) is 7.16. The minimum Gasteiger partial charge on any atom is -0.491 e. The fraction of sp³-hybridized carbons (Fsp3) is 0.381. The fourth-order valence-electron chi connectivity index (χ4n) is 3.01. The van der Waals surface area contributed by atoms with Gasteiger partial charge in [-0.25, -0.2) is 8.42 Å². The molecule has 0 spiro atoms. The van der Waals surface area contributed by atoms with E-state index in [-0.39, 0.29) is 23.9 Å². The summed E-state index contributed by atoms with van der Waals surface area (Å²) in [5.41, 5.74) is 1.23. The third kappa shape index (κ3) is 6.27. The van der Waals surface area contributed by atoms with Crippen LogP contribution in [-0.4, -0.2) is 39.8 Å². The summed E-state index contributed by atoms with van der Waals surface area (Å²) in [4.78, 5) is 12.6. The number of hydrogen-bond donors (Lipinski definition) is 1. The van der Waals surface area contributed by atoms with Crippen molar-refractivity contribution in [1.82, 2.24) is 5.32 Å². The van der Waals surface area contributed by atoms with Crippen molar-refractivity contribution in [2.24, 2.45) is 0 Å². The summed E-state index contributed by atoms with van der Waals surface area (Å²) in [6, 6.07) is 11.1. The third-order valence-electron chi connectivity index (χ3n) is 4.43. The number of ether oxygens (including phenoxy) is 1. The van der Waals surface area contributed by atoms with E-state index in [9.17, 15) is 13.2 Å². The van der Waals surface area contributed by atoms with Gasteiger partial charge in [0, 0.05) is 5.02 Å². The van der Waals surface area contributed by atoms with E-state index in [4.69, 9.17) is 27.9 Å². The van der Waals surface area contributed by atoms with Crippen molar-refractivity contribution in [3.8, 4) is 5.75 Å². The molecule has 2 aromatic rings. The molecular formula is C21H26Cl2N2O4S. The Hall–Kier alpha value is -1.96. The van der Waals surface area contributed by atoms with Crippen LogP contribution in [0.5, 0.6) is 5.75 Å². The highest BCUT2D eigenvalue weighted by atomic mass is 35.5. The number of carbonyl (C=O) groups is 1. The third-order valence-corrected chi connectivity index (χ3v) is 6.22. The number of para-hydroxylation sites is 1. The summed E-state index contributed by atoms with van der Waals surface area (Å²) in [5, 5.41) is 3.20. The van der Waals surface area contributed by atoms with Crippen LogP contribution in [0.4, 0.5) is 5.69 Å². The van der Waals surface area contributed by atoms with E-state index in [1.165, 1.54) is 19.1 Å². The molecule has 0 aromatic heterocycles. The van der Waals surface area contributed by atoms with E-state index in [1.807, 2.05) is 24.3 Å². The van der Waals surface area contributed by atoms with E-state index in [2.05, 4.69) is 19.2 Å². The summed E-state index contributed by atoms with van der Waals surface area (Å²) in [7, 11) is -3.79. The molecule has 0 aliphatic carbocycles. The van der Waals surface area contributed by atoms with Crippen LogP contribution in [0.15, 0.2) is 42.5 Å². The number of amides is 1. The molecule has 1 atom stereocenters. The summed E-state index contributed by atoms with van der Waals surface area (Å²) < 4.78 is 31.5. The second-order valence-corrected chi connectivity index (χ2v) is 9.87. The molecular weight excluding hydrogens is 447 g/mol. The minimum atomic E-state index is -3.79. The van der Waals surface area contributed by atoms with Gasteiger partial charge in [0.1, 0.15) is 18.4 Å². The first-order chi connectivity index (χ1) is 14.0. The van der Waals surface area contributed by atoms with Crippen molar-refractivity contribution < 1.29 is 17.9 Å². The highest BCUT2D eigenvalue weighted by molar-refractivity contribution is 7.92. The molecule has 1 N–H and O–H groups in total. The summed E-state index contributed by atoms with van der Waals surface area (Å²) >= 11 is 12.2. The predicted molar refractivity (Wildman–Crippen MR) is 122 cm³/mol. The molecule has 1 amide bonds. The quantitative estimate of drug-likeness (QED) is 0.546. The highest BCUT2D eigenvalue weighted by Gasteiger charge is 2.30. The smallest absolute Gasteiger partial charge is 0.243 e. The number of carbonyl (C=O) groups excluding carboxylic acids is 1. The maximum atomic E-state index is 12.6. The Kier molecular flexibility index (Phi) is 8.41. The maximum absolute atomic E-state index is 12.6. The fourth-order valence-corrected chi connectivity index (χ4v) is 4.61. The molecule has 0 radical (unpaired) electrons. The number of anilines is 1. The first-order valence-corrected chi connectivity index (χ1v) is 12.1. The van der Waals surface area contributed by atoms with Gasteiger partial charge in [-0.1, -0.05) is 55.2 Å². The molecule has 0 fully saturated rings. The standard InChI is InChI=1S/C21H26Cl2N2O4S/c1-14(2)17-7-5-6-8-20(17)29-12-11-24-21(26)15(3)25(30(4,27)28)19-13-16(22)9-10-18(19)23/h5-10,13-15H,11-12H2,1-4H3,(H,24,26)/t15-/m0/s1. The van der Waals surface area contributed by atoms with Crippen molar-refractivity contribution in [1.29, 1.82) is 0 Å². The van der Waals surface area contributed by atoms with Gasteiger partial charge in [0.05, 0.1) is 23.5 Å². The van der Waals surface area contributed by atoms with Gasteiger partial charge in [-0.2, -0.15) is 0 Å². The van der Waals surface area contributed by atoms with E-state index >= 15 is 0 Å². The first kappa shape index (κ1) is 24.3. The lowest BCUT2D eigenvalue weighted by molar-refractivity contribution is -0.121. The molecule has 0 bridgehead atoms. The molecule has 30 heavy (non-hydrogen) atoms. The summed E-state index contributed by atoms with van der Waals surface area (Å²) in [6.07, 6.45) is 1.01. The molecule has 0 saturated carbocycles. The van der Waals surface area contributed by atoms with Gasteiger partial charge in [-0.05, 0) is 42.7 Å². The molecule has 6 nitrogen and oxygen atoms in total. The molecule has 0 aliphatic heterocycles. The normalized spacial score (nSPS) is 12.5. The van der Waals surface area contributed by atoms with Gasteiger partial charge in [0.15, 0.2) is 0 Å². The Bertz CT molecular complexity index is 996. The van der Waals surface area contributed by atoms with Crippen LogP contribution >= 0.6 is 23.2 Å². The molecule has 9 heteroatoms. The topological polar surface area (TPSA) is 75.7 Å². The van der Waals surface area contributed by atoms with Crippen LogP contribution in [0.2, 0.25) is 10.0 Å². The van der Waals surface area contributed by atoms with Gasteiger partial charge in [-0.15, -0.1) is 0 Å². The van der Waals surface area contributed by atoms with Crippen molar-refractivity contribution in [2.75, 3.05) is 23.7 Å². The van der Waals surface area contributed by atoms with Crippen LogP contribution in [0.3, 0.4) is 0 Å². The zero-order valence-corrected chi connectivity index (χ0v) is 19.7. The zero-order valence-electron chi connectivity index (χ0n) is 17.4. The number of nitrogens with one attached hydrogen (secondary N) is 1. The van der Waals surface area contributed by atoms with E-state index in [0.717, 1.165) is 21.9 Å². The molecule has 2 rings (SSSR count). The van der Waals surface area contributed by atoms with E-state index < -0.39 is 22.0 Å². The Morgan fingerprint density at radius 2 is 1.80 bits per heavy atom. The van der Waals surface area contributed by atoms with Crippen LogP contribution in [0.25, 0.3) is 0 Å². The lowest BCUT2D eigenvalue weighted by Gasteiger charge is -2.29. The molecule has 0 aliphatic rings. The molecule has 0 saturated heterocycles. The van der Waals surface area contributed by atoms with Crippen molar-refractivity contribution in [3.63, 3.8) is 0 Å². The summed E-state index contributed by atoms with van der Waals surface area (Å²) in [5.74, 6) is 0.594. The lowest BCUT2D eigenvalue weighted by Crippen LogP contribution is -2.48. The average Bonchev–Trinajstić information content (AvgIpc) is 2.67. The van der Waals surface area contributed by atoms with Crippen LogP contribution in [-0.2, 0) is 14.8 Å². The van der Waals surface area contributed by atoms with Gasteiger partial charge in [0.2, 0.25) is 15.9 Å². The van der Waals surface area contributed by atoms with E-state index in [0.29, 0.717) is 10.9 Å². The predicted octanol–water partition coefficient (Wildman–Crippen LogP) is 4.47. The van der Waals surface area contributed by atoms with Gasteiger partial charge in [-0.3, -0.25) is 9.10 Å². The van der Waals surface area contributed by atoms with Crippen LogP contribution in [0.1, 0.15) is 32.3 Å². The lowest BCUT2D eigenvalue weighted by atomic mass is 10.0. The Morgan fingerprint density at radius 3 is 2.43 bits per heavy atom. The van der Waals surface area contributed by atoms with Gasteiger partial charge in [0.25, 0.3) is 0 Å². The second kappa shape index (κ2) is 10.4. The number of sulfonamides is 1. The largest absolute Gasteiger partial charge is 0.491 e. The zero-order chi connectivity index (χ0) is 22.5. The molecule has 0 unspecified atom stereocenters. The number of benzene rings is 2. The number of rotatable bonds is 9. The SMILES string of the molecule is CC(C)c1ccccc1OCCNC(=O)[C@H](C)N(c1cc(Cl)ccc1Cl)S(C)(=O)=O. The Labute approximate surface area is 188 Å². The molecule has 0 heterocycles. The minimum absolute atomic E-state index is 0.149. The average molecular weight is 473 g/mol.